The van der Waals surface area contributed by atoms with Crippen molar-refractivity contribution in [2.75, 3.05) is 0 Å². The smallest absolute Gasteiger partial charge is 0.104 e. The third-order valence-corrected chi connectivity index (χ3v) is 7.98. The highest BCUT2D eigenvalue weighted by Crippen LogP contribution is 2.44. The largest absolute Gasteiger partial charge is 0.410 e. The Morgan fingerprint density at radius 1 is 0.548 bits per heavy atom. The monoisotopic (exact) mass is 530 g/mol. The predicted octanol–water partition coefficient (Wildman–Crippen LogP) is 6.14. The molecule has 0 saturated heterocycles. The van der Waals surface area contributed by atoms with E-state index in [4.69, 9.17) is 36.4 Å². The van der Waals surface area contributed by atoms with Crippen LogP contribution in [-0.2, 0) is 5.21 Å². The summed E-state index contributed by atoms with van der Waals surface area (Å²) in [6.07, 6.45) is 0. The molecule has 0 bridgehead atoms. The standard InChI is InChI=1S/C35H22B4N2O/c36-34(37,35(38,39)42)33-40-29-19-8-9-20-30(29)41(33)32-27-17-6-4-15-25(27)31(26-16-5-7-18-28(26)32)24-14-10-13-23(21-24)22-11-2-1-3-12-22/h1-21,42H. The van der Waals surface area contributed by atoms with Gasteiger partial charge in [0.15, 0.2) is 0 Å². The number of aromatic nitrogens is 2. The van der Waals surface area contributed by atoms with Gasteiger partial charge in [0, 0.05) is 10.8 Å². The minimum Gasteiger partial charge on any atom is -0.410 e. The van der Waals surface area contributed by atoms with E-state index in [-0.39, 0.29) is 5.82 Å². The molecule has 3 nitrogen and oxygen atoms in total. The van der Waals surface area contributed by atoms with E-state index in [0.29, 0.717) is 5.52 Å². The molecular weight excluding hydrogens is 508 g/mol. The van der Waals surface area contributed by atoms with Crippen LogP contribution < -0.4 is 0 Å². The van der Waals surface area contributed by atoms with Crippen molar-refractivity contribution in [3.05, 3.63) is 133 Å². The van der Waals surface area contributed by atoms with E-state index in [1.807, 2.05) is 71.3 Å². The quantitative estimate of drug-likeness (QED) is 0.215. The van der Waals surface area contributed by atoms with Crippen molar-refractivity contribution in [1.29, 1.82) is 0 Å². The van der Waals surface area contributed by atoms with Crippen LogP contribution in [-0.4, -0.2) is 51.4 Å². The molecule has 1 aromatic heterocycles. The van der Waals surface area contributed by atoms with E-state index in [9.17, 15) is 5.11 Å². The molecule has 0 saturated carbocycles. The van der Waals surface area contributed by atoms with Crippen molar-refractivity contribution in [1.82, 2.24) is 9.55 Å². The Labute approximate surface area is 249 Å². The number of nitrogens with zero attached hydrogens (tertiary/aromatic N) is 2. The number of hydrogen-bond donors (Lipinski definition) is 1. The summed E-state index contributed by atoms with van der Waals surface area (Å²) in [5, 5.41) is 10.1. The van der Waals surface area contributed by atoms with E-state index >= 15 is 0 Å². The van der Waals surface area contributed by atoms with Gasteiger partial charge in [-0.15, -0.1) is 0 Å². The third-order valence-electron chi connectivity index (χ3n) is 7.98. The van der Waals surface area contributed by atoms with Gasteiger partial charge in [0.25, 0.3) is 0 Å². The van der Waals surface area contributed by atoms with E-state index in [1.54, 1.807) is 0 Å². The lowest BCUT2D eigenvalue weighted by Crippen LogP contribution is -2.55. The Balaban J connectivity index is 1.61. The summed E-state index contributed by atoms with van der Waals surface area (Å²) in [7, 11) is 24.8. The Kier molecular flexibility index (Phi) is 6.18. The first kappa shape index (κ1) is 26.4. The van der Waals surface area contributed by atoms with Crippen LogP contribution in [0.25, 0.3) is 60.5 Å². The predicted molar refractivity (Wildman–Crippen MR) is 177 cm³/mol. The van der Waals surface area contributed by atoms with Crippen LogP contribution in [0.2, 0.25) is 0 Å². The molecule has 0 aliphatic carbocycles. The van der Waals surface area contributed by atoms with Crippen molar-refractivity contribution in [2.24, 2.45) is 0 Å². The summed E-state index contributed by atoms with van der Waals surface area (Å²) < 4.78 is 1.88. The maximum absolute atomic E-state index is 10.7. The molecule has 1 N–H and O–H groups in total. The second kappa shape index (κ2) is 9.82. The summed E-state index contributed by atoms with van der Waals surface area (Å²) in [6, 6.07) is 43.0. The third kappa shape index (κ3) is 4.11. The number of aliphatic hydroxyl groups is 1. The van der Waals surface area contributed by atoms with Gasteiger partial charge in [0.2, 0.25) is 0 Å². The summed E-state index contributed by atoms with van der Waals surface area (Å²) in [4.78, 5) is 4.76. The van der Waals surface area contributed by atoms with Gasteiger partial charge in [-0.2, -0.15) is 0 Å². The van der Waals surface area contributed by atoms with Gasteiger partial charge in [-0.3, -0.25) is 4.57 Å². The first-order valence-corrected chi connectivity index (χ1v) is 13.7. The molecule has 0 amide bonds. The number of imidazole rings is 1. The zero-order chi connectivity index (χ0) is 29.1. The molecule has 8 radical (unpaired) electrons. The Morgan fingerprint density at radius 2 is 1.07 bits per heavy atom. The van der Waals surface area contributed by atoms with Gasteiger partial charge in [0.1, 0.15) is 5.82 Å². The molecule has 0 unspecified atom stereocenters. The molecule has 6 aromatic carbocycles. The lowest BCUT2D eigenvalue weighted by molar-refractivity contribution is 0.189. The molecular formula is C35H22B4N2O. The van der Waals surface area contributed by atoms with Crippen molar-refractivity contribution in [2.45, 2.75) is 10.6 Å². The van der Waals surface area contributed by atoms with Crippen LogP contribution in [0.4, 0.5) is 0 Å². The van der Waals surface area contributed by atoms with E-state index in [1.165, 1.54) is 0 Å². The average molecular weight is 530 g/mol. The van der Waals surface area contributed by atoms with Crippen LogP contribution in [0.15, 0.2) is 127 Å². The molecule has 7 heteroatoms. The zero-order valence-electron chi connectivity index (χ0n) is 22.8. The van der Waals surface area contributed by atoms with Crippen molar-refractivity contribution in [3.8, 4) is 27.9 Å². The highest BCUT2D eigenvalue weighted by Gasteiger charge is 2.39. The lowest BCUT2D eigenvalue weighted by atomic mass is 9.35. The van der Waals surface area contributed by atoms with Crippen LogP contribution in [0, 0.1) is 0 Å². The number of para-hydroxylation sites is 2. The van der Waals surface area contributed by atoms with E-state index in [2.05, 4.69) is 60.7 Å². The Bertz CT molecular complexity index is 2060. The molecule has 0 fully saturated rings. The zero-order valence-corrected chi connectivity index (χ0v) is 22.8. The molecule has 0 spiro atoms. The van der Waals surface area contributed by atoms with Crippen LogP contribution >= 0.6 is 0 Å². The van der Waals surface area contributed by atoms with Gasteiger partial charge in [-0.1, -0.05) is 109 Å². The Hall–Kier alpha value is -4.47. The van der Waals surface area contributed by atoms with Crippen molar-refractivity contribution in [3.63, 3.8) is 0 Å². The minimum atomic E-state index is -2.45. The van der Waals surface area contributed by atoms with Crippen LogP contribution in [0.5, 0.6) is 0 Å². The van der Waals surface area contributed by atoms with Crippen molar-refractivity contribution < 1.29 is 5.11 Å². The number of fused-ring (bicyclic) bond motifs is 3. The topological polar surface area (TPSA) is 38.1 Å². The molecule has 42 heavy (non-hydrogen) atoms. The molecule has 0 atom stereocenters. The highest BCUT2D eigenvalue weighted by molar-refractivity contribution is 6.53. The fraction of sp³-hybridized carbons (Fsp3) is 0.0571. The normalized spacial score (nSPS) is 12.3. The summed E-state index contributed by atoms with van der Waals surface area (Å²) in [5.41, 5.74) is 6.70. The molecule has 190 valence electrons. The average Bonchev–Trinajstić information content (AvgIpc) is 3.40. The minimum absolute atomic E-state index is 0.144. The van der Waals surface area contributed by atoms with Gasteiger partial charge in [-0.25, -0.2) is 4.98 Å². The van der Waals surface area contributed by atoms with Gasteiger partial charge < -0.3 is 5.11 Å². The van der Waals surface area contributed by atoms with Gasteiger partial charge >= 0.3 is 0 Å². The number of hydrogen-bond acceptors (Lipinski definition) is 2. The fourth-order valence-corrected chi connectivity index (χ4v) is 5.85. The fourth-order valence-electron chi connectivity index (χ4n) is 5.85. The first-order valence-electron chi connectivity index (χ1n) is 13.7. The number of rotatable bonds is 5. The second-order valence-corrected chi connectivity index (χ2v) is 10.7. The number of benzene rings is 6. The summed E-state index contributed by atoms with van der Waals surface area (Å²) in [5.74, 6) is 0.144. The van der Waals surface area contributed by atoms with E-state index in [0.717, 1.165) is 55.0 Å². The Morgan fingerprint density at radius 3 is 1.71 bits per heavy atom. The molecule has 7 aromatic rings. The maximum atomic E-state index is 10.7. The lowest BCUT2D eigenvalue weighted by Gasteiger charge is -2.39. The highest BCUT2D eigenvalue weighted by atomic mass is 16.3. The molecule has 0 aliphatic heterocycles. The molecule has 7 rings (SSSR count). The van der Waals surface area contributed by atoms with Gasteiger partial charge in [0.05, 0.1) is 48.1 Å². The van der Waals surface area contributed by atoms with Crippen LogP contribution in [0.1, 0.15) is 5.82 Å². The van der Waals surface area contributed by atoms with Crippen LogP contribution in [0.3, 0.4) is 0 Å². The van der Waals surface area contributed by atoms with E-state index < -0.39 is 10.6 Å². The summed E-state index contributed by atoms with van der Waals surface area (Å²) >= 11 is 0. The van der Waals surface area contributed by atoms with Crippen molar-refractivity contribution >= 4 is 64.0 Å². The maximum Gasteiger partial charge on any atom is 0.104 e. The second-order valence-electron chi connectivity index (χ2n) is 10.7. The molecule has 0 aliphatic rings. The van der Waals surface area contributed by atoms with Gasteiger partial charge in [-0.05, 0) is 61.8 Å². The molecule has 1 heterocycles. The summed E-state index contributed by atoms with van der Waals surface area (Å²) in [6.45, 7) is 0. The first-order chi connectivity index (χ1) is 20.3. The SMILES string of the molecule is [B]C([B])(O)C([B])([B])c1nc2ccccc2n1-c1c2ccccc2c(-c2cccc(-c3ccccc3)c2)c2ccccc12.